The third-order valence-corrected chi connectivity index (χ3v) is 9.52. The maximum Gasteiger partial charge on any atom is 0.342 e. The number of esters is 2. The number of rotatable bonds is 13. The van der Waals surface area contributed by atoms with Crippen molar-refractivity contribution in [3.8, 4) is 11.5 Å². The Morgan fingerprint density at radius 1 is 0.949 bits per heavy atom. The van der Waals surface area contributed by atoms with E-state index in [-0.39, 0.29) is 29.3 Å². The Labute approximate surface area is 237 Å². The summed E-state index contributed by atoms with van der Waals surface area (Å²) >= 11 is 2.56. The molecule has 3 heterocycles. The average molecular weight is 579 g/mol. The molecule has 3 rings (SSSR count). The number of nitrogens with two attached hydrogens (primary N) is 1. The molecule has 2 aromatic heterocycles. The van der Waals surface area contributed by atoms with Crippen molar-refractivity contribution in [3.63, 3.8) is 0 Å². The first kappa shape index (κ1) is 30.8. The van der Waals surface area contributed by atoms with Crippen LogP contribution in [0.2, 0.25) is 0 Å². The number of hydrogen-bond acceptors (Lipinski definition) is 11. The predicted molar refractivity (Wildman–Crippen MR) is 154 cm³/mol. The number of carbonyl (C=O) groups excluding carboxylic acids is 3. The molecular weight excluding hydrogens is 540 g/mol. The zero-order valence-electron chi connectivity index (χ0n) is 23.5. The molecule has 0 radical (unpaired) electrons. The van der Waals surface area contributed by atoms with Crippen LogP contribution >= 0.6 is 22.7 Å². The molecule has 2 N–H and O–H groups in total. The topological polar surface area (TPSA) is 127 Å². The van der Waals surface area contributed by atoms with E-state index >= 15 is 0 Å². The lowest BCUT2D eigenvalue weighted by Crippen LogP contribution is -2.36. The molecule has 0 aromatic carbocycles. The van der Waals surface area contributed by atoms with Crippen LogP contribution in [0.25, 0.3) is 0 Å². The summed E-state index contributed by atoms with van der Waals surface area (Å²) in [6, 6.07) is 0. The van der Waals surface area contributed by atoms with Crippen LogP contribution in [0.4, 0.5) is 5.00 Å². The summed E-state index contributed by atoms with van der Waals surface area (Å²) in [5.41, 5.74) is 5.27. The van der Waals surface area contributed by atoms with E-state index in [0.717, 1.165) is 17.6 Å². The van der Waals surface area contributed by atoms with Gasteiger partial charge in [0, 0.05) is 11.1 Å². The molecule has 11 heteroatoms. The maximum absolute atomic E-state index is 13.2. The number of carbonyl (C=O) groups is 3. The SMILES string of the molecule is CCCC(C)(C=O)c1sc(C=Nc2sc(C(N)(CC)CC)c(C(=O)OCC)c2C(=O)OCC)c2c1OCCO2. The van der Waals surface area contributed by atoms with E-state index < -0.39 is 22.9 Å². The molecule has 0 bridgehead atoms. The molecule has 1 aliphatic rings. The lowest BCUT2D eigenvalue weighted by molar-refractivity contribution is -0.112. The van der Waals surface area contributed by atoms with Gasteiger partial charge >= 0.3 is 11.9 Å². The third kappa shape index (κ3) is 6.05. The number of ether oxygens (including phenoxy) is 4. The minimum absolute atomic E-state index is 0.0369. The van der Waals surface area contributed by atoms with Crippen molar-refractivity contribution in [1.29, 1.82) is 0 Å². The second-order valence-electron chi connectivity index (χ2n) is 9.48. The van der Waals surface area contributed by atoms with Gasteiger partial charge in [-0.05, 0) is 40.0 Å². The van der Waals surface area contributed by atoms with Crippen LogP contribution in [0.5, 0.6) is 11.5 Å². The number of aliphatic imine (C=N–C) groups is 1. The molecule has 0 saturated carbocycles. The Morgan fingerprint density at radius 2 is 1.54 bits per heavy atom. The Kier molecular flexibility index (Phi) is 10.3. The van der Waals surface area contributed by atoms with E-state index in [1.54, 1.807) is 20.1 Å². The number of nitrogens with zero attached hydrogens (tertiary/aromatic N) is 1. The van der Waals surface area contributed by atoms with Crippen molar-refractivity contribution in [2.45, 2.75) is 78.2 Å². The molecule has 0 spiro atoms. The summed E-state index contributed by atoms with van der Waals surface area (Å²) < 4.78 is 22.5. The molecule has 1 aliphatic heterocycles. The quantitative estimate of drug-likeness (QED) is 0.176. The Hall–Kier alpha value is -2.76. The van der Waals surface area contributed by atoms with Gasteiger partial charge in [0.15, 0.2) is 11.5 Å². The summed E-state index contributed by atoms with van der Waals surface area (Å²) in [6.45, 7) is 12.2. The largest absolute Gasteiger partial charge is 0.485 e. The Balaban J connectivity index is 2.23. The molecule has 0 fully saturated rings. The van der Waals surface area contributed by atoms with Crippen molar-refractivity contribution in [2.24, 2.45) is 10.7 Å². The van der Waals surface area contributed by atoms with Crippen molar-refractivity contribution < 1.29 is 33.3 Å². The molecule has 2 aromatic rings. The van der Waals surface area contributed by atoms with Gasteiger partial charge in [-0.15, -0.1) is 22.7 Å². The molecule has 39 heavy (non-hydrogen) atoms. The standard InChI is InChI=1S/C28H38N2O7S2/c1-7-12-27(6,16-31)23-21-20(36-13-14-37-21)17(38-23)15-30-24-19(26(33)35-11-5)18(25(32)34-10-4)22(39-24)28(29,8-2)9-3/h15-16H,7-14,29H2,1-6H3. The predicted octanol–water partition coefficient (Wildman–Crippen LogP) is 5.92. The second-order valence-corrected chi connectivity index (χ2v) is 11.5. The normalized spacial score (nSPS) is 14.7. The Morgan fingerprint density at radius 3 is 2.08 bits per heavy atom. The van der Waals surface area contributed by atoms with Gasteiger partial charge in [-0.2, -0.15) is 0 Å². The molecule has 0 amide bonds. The van der Waals surface area contributed by atoms with Gasteiger partial charge in [-0.25, -0.2) is 14.6 Å². The monoisotopic (exact) mass is 578 g/mol. The van der Waals surface area contributed by atoms with E-state index in [0.29, 0.717) is 53.7 Å². The minimum atomic E-state index is -0.861. The summed E-state index contributed by atoms with van der Waals surface area (Å²) in [7, 11) is 0. The first-order valence-electron chi connectivity index (χ1n) is 13.4. The van der Waals surface area contributed by atoms with Crippen molar-refractivity contribution >= 4 is 52.1 Å². The minimum Gasteiger partial charge on any atom is -0.485 e. The highest BCUT2D eigenvalue weighted by molar-refractivity contribution is 7.17. The molecule has 1 unspecified atom stereocenters. The van der Waals surface area contributed by atoms with Crippen LogP contribution in [0.15, 0.2) is 4.99 Å². The highest BCUT2D eigenvalue weighted by Gasteiger charge is 2.39. The smallest absolute Gasteiger partial charge is 0.342 e. The number of fused-ring (bicyclic) bond motifs is 1. The van der Waals surface area contributed by atoms with E-state index in [2.05, 4.69) is 4.99 Å². The summed E-state index contributed by atoms with van der Waals surface area (Å²) in [6.07, 6.45) is 5.09. The first-order valence-corrected chi connectivity index (χ1v) is 15.0. The third-order valence-electron chi connectivity index (χ3n) is 6.83. The summed E-state index contributed by atoms with van der Waals surface area (Å²) in [5.74, 6) is -0.239. The van der Waals surface area contributed by atoms with Crippen LogP contribution in [0.3, 0.4) is 0 Å². The second kappa shape index (κ2) is 13.1. The van der Waals surface area contributed by atoms with Gasteiger partial charge in [-0.3, -0.25) is 0 Å². The molecule has 0 saturated heterocycles. The number of hydrogen-bond donors (Lipinski definition) is 1. The van der Waals surface area contributed by atoms with Gasteiger partial charge in [0.25, 0.3) is 0 Å². The zero-order valence-corrected chi connectivity index (χ0v) is 25.1. The number of thiophene rings is 2. The lowest BCUT2D eigenvalue weighted by Gasteiger charge is -2.26. The van der Waals surface area contributed by atoms with Crippen LogP contribution in [-0.2, 0) is 25.2 Å². The zero-order chi connectivity index (χ0) is 28.8. The van der Waals surface area contributed by atoms with E-state index in [9.17, 15) is 14.4 Å². The summed E-state index contributed by atoms with van der Waals surface area (Å²) in [5, 5.41) is 0.287. The molecule has 0 aliphatic carbocycles. The van der Waals surface area contributed by atoms with Gasteiger partial charge < -0.3 is 29.5 Å². The molecule has 9 nitrogen and oxygen atoms in total. The van der Waals surface area contributed by atoms with E-state index in [1.165, 1.54) is 22.7 Å². The van der Waals surface area contributed by atoms with Crippen LogP contribution < -0.4 is 15.2 Å². The van der Waals surface area contributed by atoms with Crippen LogP contribution in [0, 0.1) is 0 Å². The summed E-state index contributed by atoms with van der Waals surface area (Å²) in [4.78, 5) is 45.1. The van der Waals surface area contributed by atoms with Gasteiger partial charge in [0.2, 0.25) is 0 Å². The fourth-order valence-electron chi connectivity index (χ4n) is 4.52. The van der Waals surface area contributed by atoms with E-state index in [1.807, 2.05) is 27.7 Å². The van der Waals surface area contributed by atoms with Crippen LogP contribution in [-0.4, -0.2) is 50.9 Å². The highest BCUT2D eigenvalue weighted by atomic mass is 32.1. The fraction of sp³-hybridized carbons (Fsp3) is 0.571. The maximum atomic E-state index is 13.2. The van der Waals surface area contributed by atoms with Gasteiger partial charge in [0.05, 0.1) is 39.5 Å². The lowest BCUT2D eigenvalue weighted by atomic mass is 9.85. The van der Waals surface area contributed by atoms with Crippen molar-refractivity contribution in [3.05, 3.63) is 25.8 Å². The van der Waals surface area contributed by atoms with E-state index in [4.69, 9.17) is 24.7 Å². The Bertz CT molecular complexity index is 1230. The van der Waals surface area contributed by atoms with Crippen molar-refractivity contribution in [1.82, 2.24) is 0 Å². The first-order chi connectivity index (χ1) is 18.6. The van der Waals surface area contributed by atoms with Crippen LogP contribution in [0.1, 0.15) is 103 Å². The molecule has 214 valence electrons. The molecular formula is C28H38N2O7S2. The number of aldehydes is 1. The average Bonchev–Trinajstić information content (AvgIpc) is 3.51. The van der Waals surface area contributed by atoms with Crippen molar-refractivity contribution in [2.75, 3.05) is 26.4 Å². The van der Waals surface area contributed by atoms with Gasteiger partial charge in [0.1, 0.15) is 30.1 Å². The highest BCUT2D eigenvalue weighted by Crippen LogP contribution is 2.50. The fourth-order valence-corrected chi connectivity index (χ4v) is 7.08. The molecule has 1 atom stereocenters. The van der Waals surface area contributed by atoms with Gasteiger partial charge in [-0.1, -0.05) is 27.2 Å².